The minimum atomic E-state index is -0.395. The van der Waals surface area contributed by atoms with Crippen molar-refractivity contribution in [1.29, 1.82) is 0 Å². The van der Waals surface area contributed by atoms with Crippen molar-refractivity contribution in [2.75, 3.05) is 11.9 Å². The van der Waals surface area contributed by atoms with Gasteiger partial charge in [-0.2, -0.15) is 10.1 Å². The Balaban J connectivity index is 1.51. The van der Waals surface area contributed by atoms with Crippen LogP contribution in [0.1, 0.15) is 78.0 Å². The number of piperidine rings is 1. The van der Waals surface area contributed by atoms with E-state index < -0.39 is 5.54 Å². The highest BCUT2D eigenvalue weighted by molar-refractivity contribution is 7.22. The standard InChI is InChI=1S/C27H30N6O2S/c1-17-10-12-18(13-11-17)24(34)30-26-29-23-22(36-26)21(31-33(23)27(2,3)4)25(35)32-15-6-5-9-20(32)19-8-7-14-28-16-19/h7-8,10-14,16,20H,5-6,9,15H2,1-4H3,(H,29,30,34). The van der Waals surface area contributed by atoms with E-state index in [2.05, 4.69) is 10.3 Å². The van der Waals surface area contributed by atoms with Crippen molar-refractivity contribution in [2.24, 2.45) is 0 Å². The SMILES string of the molecule is Cc1ccc(C(=O)Nc2nc3c(s2)c(C(=O)N2CCCCC2c2cccnc2)nn3C(C)(C)C)cc1. The zero-order valence-corrected chi connectivity index (χ0v) is 21.8. The van der Waals surface area contributed by atoms with Crippen molar-refractivity contribution >= 4 is 38.6 Å². The van der Waals surface area contributed by atoms with Crippen molar-refractivity contribution in [3.8, 4) is 0 Å². The van der Waals surface area contributed by atoms with Crippen LogP contribution in [0, 0.1) is 6.92 Å². The number of nitrogens with zero attached hydrogens (tertiary/aromatic N) is 5. The van der Waals surface area contributed by atoms with Gasteiger partial charge >= 0.3 is 0 Å². The predicted octanol–water partition coefficient (Wildman–Crippen LogP) is 5.57. The monoisotopic (exact) mass is 502 g/mol. The number of rotatable bonds is 4. The number of pyridine rings is 1. The molecule has 2 amide bonds. The predicted molar refractivity (Wildman–Crippen MR) is 141 cm³/mol. The summed E-state index contributed by atoms with van der Waals surface area (Å²) in [6.07, 6.45) is 6.49. The average molecular weight is 503 g/mol. The molecule has 0 aliphatic carbocycles. The number of carbonyl (C=O) groups is 2. The lowest BCUT2D eigenvalue weighted by molar-refractivity contribution is 0.0605. The third kappa shape index (κ3) is 4.63. The lowest BCUT2D eigenvalue weighted by atomic mass is 9.96. The summed E-state index contributed by atoms with van der Waals surface area (Å²) in [5.41, 5.74) is 3.26. The molecule has 9 heteroatoms. The molecule has 0 bridgehead atoms. The number of fused-ring (bicyclic) bond motifs is 1. The second-order valence-corrected chi connectivity index (χ2v) is 11.2. The summed E-state index contributed by atoms with van der Waals surface area (Å²) in [5, 5.41) is 8.11. The largest absolute Gasteiger partial charge is 0.330 e. The molecule has 8 nitrogen and oxygen atoms in total. The second-order valence-electron chi connectivity index (χ2n) is 10.2. The van der Waals surface area contributed by atoms with Crippen LogP contribution in [0.2, 0.25) is 0 Å². The first-order valence-corrected chi connectivity index (χ1v) is 13.0. The van der Waals surface area contributed by atoms with E-state index in [0.29, 0.717) is 33.3 Å². The van der Waals surface area contributed by atoms with Crippen molar-refractivity contribution in [3.63, 3.8) is 0 Å². The van der Waals surface area contributed by atoms with Crippen LogP contribution in [0.4, 0.5) is 5.13 Å². The molecule has 3 aromatic heterocycles. The molecule has 1 saturated heterocycles. The number of thiazole rings is 1. The lowest BCUT2D eigenvalue weighted by Crippen LogP contribution is -2.39. The normalized spacial score (nSPS) is 16.3. The summed E-state index contributed by atoms with van der Waals surface area (Å²) in [6, 6.07) is 11.3. The summed E-state index contributed by atoms with van der Waals surface area (Å²) >= 11 is 1.29. The quantitative estimate of drug-likeness (QED) is 0.394. The summed E-state index contributed by atoms with van der Waals surface area (Å²) in [7, 11) is 0. The van der Waals surface area contributed by atoms with E-state index in [-0.39, 0.29) is 17.9 Å². The Kier molecular flexibility index (Phi) is 6.34. The maximum absolute atomic E-state index is 13.9. The lowest BCUT2D eigenvalue weighted by Gasteiger charge is -2.35. The molecule has 1 atom stereocenters. The van der Waals surface area contributed by atoms with Gasteiger partial charge in [-0.1, -0.05) is 35.1 Å². The number of carbonyl (C=O) groups excluding carboxylic acids is 2. The Bertz CT molecular complexity index is 1400. The number of hydrogen-bond acceptors (Lipinski definition) is 6. The Labute approximate surface area is 214 Å². The zero-order chi connectivity index (χ0) is 25.4. The molecule has 0 saturated carbocycles. The number of likely N-dealkylation sites (tertiary alicyclic amines) is 1. The third-order valence-electron chi connectivity index (χ3n) is 6.43. The number of amides is 2. The summed E-state index contributed by atoms with van der Waals surface area (Å²) in [4.78, 5) is 37.6. The van der Waals surface area contributed by atoms with Crippen LogP contribution in [0.25, 0.3) is 10.3 Å². The average Bonchev–Trinajstić information content (AvgIpc) is 3.43. The molecule has 4 heterocycles. The summed E-state index contributed by atoms with van der Waals surface area (Å²) in [5.74, 6) is -0.348. The molecular weight excluding hydrogens is 472 g/mol. The van der Waals surface area contributed by atoms with Gasteiger partial charge in [-0.25, -0.2) is 4.68 Å². The van der Waals surface area contributed by atoms with Crippen molar-refractivity contribution in [1.82, 2.24) is 24.6 Å². The molecule has 0 spiro atoms. The summed E-state index contributed by atoms with van der Waals surface area (Å²) in [6.45, 7) is 8.72. The number of aromatic nitrogens is 4. The van der Waals surface area contributed by atoms with Gasteiger partial charge in [0.2, 0.25) is 0 Å². The van der Waals surface area contributed by atoms with Gasteiger partial charge in [0.25, 0.3) is 11.8 Å². The van der Waals surface area contributed by atoms with Crippen molar-refractivity contribution < 1.29 is 9.59 Å². The van der Waals surface area contributed by atoms with E-state index in [1.54, 1.807) is 23.0 Å². The van der Waals surface area contributed by atoms with Crippen molar-refractivity contribution in [2.45, 2.75) is 58.5 Å². The summed E-state index contributed by atoms with van der Waals surface area (Å²) < 4.78 is 2.47. The number of anilines is 1. The molecule has 1 aliphatic heterocycles. The molecule has 4 aromatic rings. The molecule has 1 aliphatic rings. The Morgan fingerprint density at radius 2 is 1.89 bits per heavy atom. The van der Waals surface area contributed by atoms with Crippen LogP contribution in [-0.4, -0.2) is 43.0 Å². The maximum Gasteiger partial charge on any atom is 0.276 e. The first-order valence-electron chi connectivity index (χ1n) is 12.2. The van der Waals surface area contributed by atoms with Gasteiger partial charge in [-0.15, -0.1) is 0 Å². The van der Waals surface area contributed by atoms with Crippen LogP contribution in [0.3, 0.4) is 0 Å². The Morgan fingerprint density at radius 1 is 1.11 bits per heavy atom. The van der Waals surface area contributed by atoms with Gasteiger partial charge in [0.1, 0.15) is 4.70 Å². The minimum Gasteiger partial charge on any atom is -0.330 e. The Morgan fingerprint density at radius 3 is 2.58 bits per heavy atom. The van der Waals surface area contributed by atoms with E-state index in [4.69, 9.17) is 10.1 Å². The van der Waals surface area contributed by atoms with E-state index >= 15 is 0 Å². The van der Waals surface area contributed by atoms with Crippen LogP contribution < -0.4 is 5.32 Å². The molecule has 186 valence electrons. The van der Waals surface area contributed by atoms with E-state index in [0.717, 1.165) is 30.4 Å². The van der Waals surface area contributed by atoms with Crippen LogP contribution in [-0.2, 0) is 5.54 Å². The van der Waals surface area contributed by atoms with Gasteiger partial charge in [-0.05, 0) is 70.7 Å². The van der Waals surface area contributed by atoms with Crippen LogP contribution >= 0.6 is 11.3 Å². The fourth-order valence-corrected chi connectivity index (χ4v) is 5.49. The zero-order valence-electron chi connectivity index (χ0n) is 21.0. The first-order chi connectivity index (χ1) is 17.2. The second kappa shape index (κ2) is 9.46. The van der Waals surface area contributed by atoms with Crippen LogP contribution in [0.5, 0.6) is 0 Å². The molecule has 1 unspecified atom stereocenters. The van der Waals surface area contributed by atoms with Gasteiger partial charge in [-0.3, -0.25) is 19.9 Å². The van der Waals surface area contributed by atoms with E-state index in [1.807, 2.05) is 63.1 Å². The molecule has 1 fully saturated rings. The fraction of sp³-hybridized carbons (Fsp3) is 0.370. The molecular formula is C27H30N6O2S. The number of nitrogens with one attached hydrogen (secondary N) is 1. The number of hydrogen-bond donors (Lipinski definition) is 1. The highest BCUT2D eigenvalue weighted by Crippen LogP contribution is 2.36. The van der Waals surface area contributed by atoms with Gasteiger partial charge in [0.15, 0.2) is 16.5 Å². The molecule has 1 aromatic carbocycles. The minimum absolute atomic E-state index is 0.0385. The fourth-order valence-electron chi connectivity index (χ4n) is 4.57. The number of aryl methyl sites for hydroxylation is 1. The molecule has 0 radical (unpaired) electrons. The van der Waals surface area contributed by atoms with Gasteiger partial charge < -0.3 is 4.90 Å². The maximum atomic E-state index is 13.9. The third-order valence-corrected chi connectivity index (χ3v) is 7.40. The van der Waals surface area contributed by atoms with Gasteiger partial charge in [0, 0.05) is 24.5 Å². The van der Waals surface area contributed by atoms with Gasteiger partial charge in [0.05, 0.1) is 11.6 Å². The smallest absolute Gasteiger partial charge is 0.276 e. The highest BCUT2D eigenvalue weighted by atomic mass is 32.1. The van der Waals surface area contributed by atoms with E-state index in [1.165, 1.54) is 11.3 Å². The first kappa shape index (κ1) is 24.1. The van der Waals surface area contributed by atoms with E-state index in [9.17, 15) is 9.59 Å². The molecule has 1 N–H and O–H groups in total. The topological polar surface area (TPSA) is 93.0 Å². The highest BCUT2D eigenvalue weighted by Gasteiger charge is 2.34. The van der Waals surface area contributed by atoms with Crippen molar-refractivity contribution in [3.05, 3.63) is 71.2 Å². The number of benzene rings is 1. The molecule has 36 heavy (non-hydrogen) atoms. The Hall–Kier alpha value is -3.59. The molecule has 5 rings (SSSR count). The van der Waals surface area contributed by atoms with Crippen LogP contribution in [0.15, 0.2) is 48.8 Å².